The van der Waals surface area contributed by atoms with Crippen LogP contribution in [0.15, 0.2) is 0 Å². The van der Waals surface area contributed by atoms with Crippen LogP contribution < -0.4 is 5.32 Å². The molecule has 0 aromatic carbocycles. The monoisotopic (exact) mass is 284 g/mol. The maximum Gasteiger partial charge on any atom is 0.319 e. The lowest BCUT2D eigenvalue weighted by Crippen LogP contribution is -2.51. The fourth-order valence-electron chi connectivity index (χ4n) is 2.82. The molecule has 0 aromatic rings. The van der Waals surface area contributed by atoms with Gasteiger partial charge in [-0.2, -0.15) is 0 Å². The molecule has 0 saturated carbocycles. The zero-order chi connectivity index (χ0) is 15.1. The van der Waals surface area contributed by atoms with Gasteiger partial charge in [0.15, 0.2) is 0 Å². The van der Waals surface area contributed by atoms with Crippen molar-refractivity contribution in [2.24, 2.45) is 17.8 Å². The molecule has 1 heterocycles. The molecule has 118 valence electrons. The van der Waals surface area contributed by atoms with E-state index < -0.39 is 0 Å². The Bertz CT molecular complexity index is 292. The van der Waals surface area contributed by atoms with Crippen molar-refractivity contribution in [2.75, 3.05) is 33.3 Å². The Labute approximate surface area is 124 Å². The second-order valence-electron chi connectivity index (χ2n) is 6.84. The van der Waals surface area contributed by atoms with E-state index in [4.69, 9.17) is 4.74 Å². The highest BCUT2D eigenvalue weighted by Crippen LogP contribution is 2.24. The van der Waals surface area contributed by atoms with E-state index in [-0.39, 0.29) is 5.97 Å². The molecule has 0 amide bonds. The molecule has 20 heavy (non-hydrogen) atoms. The average molecular weight is 284 g/mol. The van der Waals surface area contributed by atoms with Gasteiger partial charge >= 0.3 is 5.97 Å². The van der Waals surface area contributed by atoms with Crippen LogP contribution >= 0.6 is 0 Å². The Balaban J connectivity index is 2.49. The largest absolute Gasteiger partial charge is 0.468 e. The Morgan fingerprint density at radius 1 is 1.30 bits per heavy atom. The summed E-state index contributed by atoms with van der Waals surface area (Å²) >= 11 is 0. The number of hydrogen-bond donors (Lipinski definition) is 1. The van der Waals surface area contributed by atoms with E-state index in [1.165, 1.54) is 20.0 Å². The Morgan fingerprint density at radius 3 is 2.55 bits per heavy atom. The normalized spacial score (nSPS) is 24.4. The second-order valence-corrected chi connectivity index (χ2v) is 6.84. The predicted molar refractivity (Wildman–Crippen MR) is 82.6 cm³/mol. The number of ether oxygens (including phenoxy) is 1. The molecule has 0 radical (unpaired) electrons. The summed E-state index contributed by atoms with van der Waals surface area (Å²) < 4.78 is 4.80. The summed E-state index contributed by atoms with van der Waals surface area (Å²) in [5, 5.41) is 3.67. The third-order valence-corrected chi connectivity index (χ3v) is 4.24. The fourth-order valence-corrected chi connectivity index (χ4v) is 2.82. The van der Waals surface area contributed by atoms with Gasteiger partial charge in [-0.05, 0) is 37.1 Å². The number of nitrogens with one attached hydrogen (secondary N) is 1. The van der Waals surface area contributed by atoms with Crippen molar-refractivity contribution >= 4 is 5.97 Å². The topological polar surface area (TPSA) is 41.6 Å². The molecule has 1 rings (SSSR count). The minimum absolute atomic E-state index is 0.129. The number of rotatable bonds is 7. The predicted octanol–water partition coefficient (Wildman–Crippen LogP) is 2.14. The number of likely N-dealkylation sites (tertiary alicyclic amines) is 1. The number of methoxy groups -OCH3 is 1. The van der Waals surface area contributed by atoms with Crippen molar-refractivity contribution in [1.29, 1.82) is 0 Å². The fraction of sp³-hybridized carbons (Fsp3) is 0.938. The van der Waals surface area contributed by atoms with Crippen LogP contribution in [-0.4, -0.2) is 50.2 Å². The molecule has 4 nitrogen and oxygen atoms in total. The van der Waals surface area contributed by atoms with Crippen LogP contribution in [-0.2, 0) is 9.53 Å². The second kappa shape index (κ2) is 8.63. The summed E-state index contributed by atoms with van der Waals surface area (Å²) in [6, 6.07) is 0.500. The lowest BCUT2D eigenvalue weighted by atomic mass is 9.85. The van der Waals surface area contributed by atoms with E-state index in [0.717, 1.165) is 25.6 Å². The van der Waals surface area contributed by atoms with Gasteiger partial charge in [-0.25, -0.2) is 0 Å². The van der Waals surface area contributed by atoms with Crippen molar-refractivity contribution in [3.05, 3.63) is 0 Å². The maximum absolute atomic E-state index is 11.5. The molecule has 2 atom stereocenters. The van der Waals surface area contributed by atoms with Gasteiger partial charge < -0.3 is 10.1 Å². The lowest BCUT2D eigenvalue weighted by molar-refractivity contribution is -0.142. The molecule has 0 aliphatic carbocycles. The van der Waals surface area contributed by atoms with Gasteiger partial charge in [0.1, 0.15) is 0 Å². The molecular formula is C16H32N2O2. The van der Waals surface area contributed by atoms with E-state index in [9.17, 15) is 4.79 Å². The molecule has 1 aliphatic heterocycles. The van der Waals surface area contributed by atoms with Crippen LogP contribution in [0.1, 0.15) is 40.5 Å². The molecule has 0 aromatic heterocycles. The molecule has 0 spiro atoms. The first kappa shape index (κ1) is 17.4. The minimum atomic E-state index is -0.129. The smallest absolute Gasteiger partial charge is 0.319 e. The van der Waals surface area contributed by atoms with Gasteiger partial charge in [0, 0.05) is 19.1 Å². The first-order valence-corrected chi connectivity index (χ1v) is 7.94. The van der Waals surface area contributed by atoms with Crippen LogP contribution in [0, 0.1) is 17.8 Å². The van der Waals surface area contributed by atoms with Crippen LogP contribution in [0.3, 0.4) is 0 Å². The third-order valence-electron chi connectivity index (χ3n) is 4.24. The molecule has 1 fully saturated rings. The summed E-state index contributed by atoms with van der Waals surface area (Å²) in [6.07, 6.45) is 2.42. The number of nitrogens with zero attached hydrogens (tertiary/aromatic N) is 1. The summed E-state index contributed by atoms with van der Waals surface area (Å²) in [7, 11) is 1.46. The SMILES string of the molecule is COC(=O)CN1CC(NCCC(C)C)CC(C(C)C)C1. The van der Waals surface area contributed by atoms with Crippen LogP contribution in [0.25, 0.3) is 0 Å². The highest BCUT2D eigenvalue weighted by Gasteiger charge is 2.29. The van der Waals surface area contributed by atoms with Gasteiger partial charge in [-0.3, -0.25) is 9.69 Å². The first-order chi connectivity index (χ1) is 9.42. The minimum Gasteiger partial charge on any atom is -0.468 e. The highest BCUT2D eigenvalue weighted by atomic mass is 16.5. The standard InChI is InChI=1S/C16H32N2O2/c1-12(2)6-7-17-15-8-14(13(3)4)9-18(10-15)11-16(19)20-5/h12-15,17H,6-11H2,1-5H3. The molecule has 0 bridgehead atoms. The average Bonchev–Trinajstić information content (AvgIpc) is 2.37. The third kappa shape index (κ3) is 6.23. The van der Waals surface area contributed by atoms with Crippen molar-refractivity contribution in [2.45, 2.75) is 46.6 Å². The number of carbonyl (C=O) groups is 1. The number of carbonyl (C=O) groups excluding carboxylic acids is 1. The number of hydrogen-bond acceptors (Lipinski definition) is 4. The van der Waals surface area contributed by atoms with Gasteiger partial charge in [0.2, 0.25) is 0 Å². The van der Waals surface area contributed by atoms with E-state index in [1.807, 2.05) is 0 Å². The molecule has 4 heteroatoms. The molecule has 1 N–H and O–H groups in total. The quantitative estimate of drug-likeness (QED) is 0.727. The summed E-state index contributed by atoms with van der Waals surface area (Å²) in [5.41, 5.74) is 0. The Kier molecular flexibility index (Phi) is 7.52. The Hall–Kier alpha value is -0.610. The zero-order valence-corrected chi connectivity index (χ0v) is 13.8. The van der Waals surface area contributed by atoms with E-state index in [0.29, 0.717) is 24.4 Å². The van der Waals surface area contributed by atoms with Crippen molar-refractivity contribution < 1.29 is 9.53 Å². The summed E-state index contributed by atoms with van der Waals surface area (Å²) in [5.74, 6) is 1.92. The van der Waals surface area contributed by atoms with Crippen molar-refractivity contribution in [1.82, 2.24) is 10.2 Å². The molecule has 1 saturated heterocycles. The number of esters is 1. The van der Waals surface area contributed by atoms with Gasteiger partial charge in [0.05, 0.1) is 13.7 Å². The van der Waals surface area contributed by atoms with E-state index >= 15 is 0 Å². The first-order valence-electron chi connectivity index (χ1n) is 7.94. The molecule has 1 aliphatic rings. The van der Waals surface area contributed by atoms with Gasteiger partial charge in [-0.1, -0.05) is 27.7 Å². The number of piperidine rings is 1. The van der Waals surface area contributed by atoms with E-state index in [2.05, 4.69) is 37.9 Å². The van der Waals surface area contributed by atoms with Crippen LogP contribution in [0.2, 0.25) is 0 Å². The highest BCUT2D eigenvalue weighted by molar-refractivity contribution is 5.71. The summed E-state index contributed by atoms with van der Waals surface area (Å²) in [6.45, 7) is 12.5. The molecule has 2 unspecified atom stereocenters. The Morgan fingerprint density at radius 2 is 2.00 bits per heavy atom. The van der Waals surface area contributed by atoms with Crippen molar-refractivity contribution in [3.63, 3.8) is 0 Å². The maximum atomic E-state index is 11.5. The van der Waals surface area contributed by atoms with Gasteiger partial charge in [0.25, 0.3) is 0 Å². The lowest BCUT2D eigenvalue weighted by Gasteiger charge is -2.39. The summed E-state index contributed by atoms with van der Waals surface area (Å²) in [4.78, 5) is 13.7. The van der Waals surface area contributed by atoms with Crippen LogP contribution in [0.4, 0.5) is 0 Å². The van der Waals surface area contributed by atoms with Crippen LogP contribution in [0.5, 0.6) is 0 Å². The zero-order valence-electron chi connectivity index (χ0n) is 13.8. The van der Waals surface area contributed by atoms with E-state index in [1.54, 1.807) is 0 Å². The van der Waals surface area contributed by atoms with Crippen molar-refractivity contribution in [3.8, 4) is 0 Å². The van der Waals surface area contributed by atoms with Gasteiger partial charge in [-0.15, -0.1) is 0 Å². The molecular weight excluding hydrogens is 252 g/mol.